The molecule has 4 nitrogen and oxygen atoms in total. The van der Waals surface area contributed by atoms with Gasteiger partial charge in [0.15, 0.2) is 0 Å². The number of H-pyrrole nitrogens is 1. The van der Waals surface area contributed by atoms with Crippen LogP contribution in [0.1, 0.15) is 0 Å². The van der Waals surface area contributed by atoms with Gasteiger partial charge in [-0.1, -0.05) is 34.1 Å². The summed E-state index contributed by atoms with van der Waals surface area (Å²) in [5, 5.41) is 1.01. The number of halogens is 1. The lowest BCUT2D eigenvalue weighted by Crippen LogP contribution is -2.12. The van der Waals surface area contributed by atoms with Crippen molar-refractivity contribution in [3.8, 4) is 0 Å². The molecule has 2 N–H and O–H groups in total. The highest BCUT2D eigenvalue weighted by atomic mass is 79.9. The summed E-state index contributed by atoms with van der Waals surface area (Å²) in [4.78, 5) is 3.30. The third-order valence-corrected chi connectivity index (χ3v) is 4.98. The third kappa shape index (κ3) is 2.44. The number of anilines is 1. The molecular formula is C14H11BrN2O2S. The SMILES string of the molecule is O=S(=O)(Nc1cc(Br)c2cc[nH]c2c1)c1ccccc1. The van der Waals surface area contributed by atoms with E-state index >= 15 is 0 Å². The molecule has 0 radical (unpaired) electrons. The molecule has 1 aromatic heterocycles. The Morgan fingerprint density at radius 3 is 2.55 bits per heavy atom. The largest absolute Gasteiger partial charge is 0.361 e. The van der Waals surface area contributed by atoms with Gasteiger partial charge in [-0.3, -0.25) is 4.72 Å². The maximum atomic E-state index is 12.3. The molecule has 0 saturated heterocycles. The smallest absolute Gasteiger partial charge is 0.261 e. The molecule has 0 unspecified atom stereocenters. The van der Waals surface area contributed by atoms with Crippen molar-refractivity contribution < 1.29 is 8.42 Å². The number of aromatic nitrogens is 1. The molecule has 0 aliphatic rings. The van der Waals surface area contributed by atoms with Crippen LogP contribution >= 0.6 is 15.9 Å². The van der Waals surface area contributed by atoms with Crippen molar-refractivity contribution in [2.75, 3.05) is 4.72 Å². The van der Waals surface area contributed by atoms with Crippen molar-refractivity contribution in [3.63, 3.8) is 0 Å². The minimum absolute atomic E-state index is 0.239. The summed E-state index contributed by atoms with van der Waals surface area (Å²) in [5.74, 6) is 0. The van der Waals surface area contributed by atoms with Gasteiger partial charge in [-0.05, 0) is 30.3 Å². The zero-order valence-electron chi connectivity index (χ0n) is 10.3. The van der Waals surface area contributed by atoms with Crippen LogP contribution in [0.2, 0.25) is 0 Å². The second-order valence-corrected chi connectivity index (χ2v) is 6.85. The number of hydrogen-bond acceptors (Lipinski definition) is 2. The van der Waals surface area contributed by atoms with Crippen LogP contribution < -0.4 is 4.72 Å². The van der Waals surface area contributed by atoms with E-state index in [1.165, 1.54) is 0 Å². The Morgan fingerprint density at radius 1 is 1.05 bits per heavy atom. The lowest BCUT2D eigenvalue weighted by Gasteiger charge is -2.09. The van der Waals surface area contributed by atoms with Crippen LogP contribution in [-0.4, -0.2) is 13.4 Å². The van der Waals surface area contributed by atoms with E-state index in [4.69, 9.17) is 0 Å². The Hall–Kier alpha value is -1.79. The van der Waals surface area contributed by atoms with Gasteiger partial charge in [-0.15, -0.1) is 0 Å². The topological polar surface area (TPSA) is 62.0 Å². The van der Waals surface area contributed by atoms with Crippen molar-refractivity contribution in [2.24, 2.45) is 0 Å². The molecule has 0 bridgehead atoms. The predicted octanol–water partition coefficient (Wildman–Crippen LogP) is 3.73. The zero-order valence-corrected chi connectivity index (χ0v) is 12.7. The molecule has 0 amide bonds. The van der Waals surface area contributed by atoms with Gasteiger partial charge >= 0.3 is 0 Å². The summed E-state index contributed by atoms with van der Waals surface area (Å²) in [6, 6.07) is 13.7. The normalized spacial score (nSPS) is 11.7. The fourth-order valence-corrected chi connectivity index (χ4v) is 3.65. The number of fused-ring (bicyclic) bond motifs is 1. The number of benzene rings is 2. The summed E-state index contributed by atoms with van der Waals surface area (Å²) in [5.41, 5.74) is 1.38. The molecule has 3 aromatic rings. The van der Waals surface area contributed by atoms with Crippen LogP contribution in [0.5, 0.6) is 0 Å². The van der Waals surface area contributed by atoms with Gasteiger partial charge in [0, 0.05) is 21.6 Å². The highest BCUT2D eigenvalue weighted by molar-refractivity contribution is 9.10. The van der Waals surface area contributed by atoms with Crippen molar-refractivity contribution >= 4 is 42.5 Å². The first-order valence-corrected chi connectivity index (χ1v) is 8.18. The summed E-state index contributed by atoms with van der Waals surface area (Å²) in [6.07, 6.45) is 1.81. The third-order valence-electron chi connectivity index (χ3n) is 2.92. The number of hydrogen-bond donors (Lipinski definition) is 2. The first-order valence-electron chi connectivity index (χ1n) is 5.91. The van der Waals surface area contributed by atoms with E-state index in [1.54, 1.807) is 42.5 Å². The second kappa shape index (κ2) is 4.96. The average molecular weight is 351 g/mol. The fourth-order valence-electron chi connectivity index (χ4n) is 1.99. The summed E-state index contributed by atoms with van der Waals surface area (Å²) in [7, 11) is -3.57. The van der Waals surface area contributed by atoms with Crippen LogP contribution in [0, 0.1) is 0 Å². The van der Waals surface area contributed by atoms with Gasteiger partial charge in [0.25, 0.3) is 10.0 Å². The van der Waals surface area contributed by atoms with E-state index in [0.29, 0.717) is 5.69 Å². The number of rotatable bonds is 3. The Kier molecular flexibility index (Phi) is 3.27. The Labute approximate surface area is 125 Å². The van der Waals surface area contributed by atoms with E-state index in [0.717, 1.165) is 15.4 Å². The first kappa shape index (κ1) is 13.2. The molecule has 0 spiro atoms. The monoisotopic (exact) mass is 350 g/mol. The van der Waals surface area contributed by atoms with E-state index in [2.05, 4.69) is 25.6 Å². The molecule has 0 saturated carbocycles. The van der Waals surface area contributed by atoms with Crippen LogP contribution in [0.15, 0.2) is 64.1 Å². The molecule has 6 heteroatoms. The van der Waals surface area contributed by atoms with Gasteiger partial charge in [0.05, 0.1) is 10.6 Å². The van der Waals surface area contributed by atoms with Crippen LogP contribution in [-0.2, 0) is 10.0 Å². The molecule has 0 fully saturated rings. The summed E-state index contributed by atoms with van der Waals surface area (Å²) in [6.45, 7) is 0. The molecule has 0 aliphatic carbocycles. The maximum Gasteiger partial charge on any atom is 0.261 e. The lowest BCUT2D eigenvalue weighted by atomic mass is 10.2. The van der Waals surface area contributed by atoms with Gasteiger partial charge in [0.1, 0.15) is 0 Å². The van der Waals surface area contributed by atoms with Crippen LogP contribution in [0.3, 0.4) is 0 Å². The van der Waals surface area contributed by atoms with Gasteiger partial charge in [-0.25, -0.2) is 8.42 Å². The molecule has 3 rings (SSSR count). The van der Waals surface area contributed by atoms with Crippen molar-refractivity contribution in [3.05, 3.63) is 59.2 Å². The molecule has 1 heterocycles. The minimum Gasteiger partial charge on any atom is -0.361 e. The highest BCUT2D eigenvalue weighted by Gasteiger charge is 2.14. The zero-order chi connectivity index (χ0) is 14.2. The average Bonchev–Trinajstić information content (AvgIpc) is 2.88. The van der Waals surface area contributed by atoms with E-state index in [9.17, 15) is 8.42 Å². The predicted molar refractivity (Wildman–Crippen MR) is 83.2 cm³/mol. The first-order chi connectivity index (χ1) is 9.56. The van der Waals surface area contributed by atoms with Gasteiger partial charge in [-0.2, -0.15) is 0 Å². The van der Waals surface area contributed by atoms with Crippen LogP contribution in [0.4, 0.5) is 5.69 Å². The Bertz CT molecular complexity index is 857. The second-order valence-electron chi connectivity index (χ2n) is 4.32. The van der Waals surface area contributed by atoms with Gasteiger partial charge in [0.2, 0.25) is 0 Å². The quantitative estimate of drug-likeness (QED) is 0.755. The molecule has 0 aliphatic heterocycles. The van der Waals surface area contributed by atoms with Crippen molar-refractivity contribution in [1.82, 2.24) is 4.98 Å². The van der Waals surface area contributed by atoms with E-state index < -0.39 is 10.0 Å². The number of nitrogens with one attached hydrogen (secondary N) is 2. The molecule has 0 atom stereocenters. The lowest BCUT2D eigenvalue weighted by molar-refractivity contribution is 0.601. The van der Waals surface area contributed by atoms with E-state index in [1.807, 2.05) is 12.3 Å². The fraction of sp³-hybridized carbons (Fsp3) is 0. The van der Waals surface area contributed by atoms with Crippen LogP contribution in [0.25, 0.3) is 10.9 Å². The molecule has 2 aromatic carbocycles. The Morgan fingerprint density at radius 2 is 1.80 bits per heavy atom. The standard InChI is InChI=1S/C14H11BrN2O2S/c15-13-8-10(9-14-12(13)6-7-16-14)17-20(18,19)11-4-2-1-3-5-11/h1-9,16-17H. The summed E-state index contributed by atoms with van der Waals surface area (Å²) >= 11 is 3.44. The number of aromatic amines is 1. The molecule has 102 valence electrons. The van der Waals surface area contributed by atoms with Crippen molar-refractivity contribution in [2.45, 2.75) is 4.90 Å². The number of sulfonamides is 1. The molecule has 20 heavy (non-hydrogen) atoms. The van der Waals surface area contributed by atoms with Gasteiger partial charge < -0.3 is 4.98 Å². The summed E-state index contributed by atoms with van der Waals surface area (Å²) < 4.78 is 27.9. The minimum atomic E-state index is -3.57. The van der Waals surface area contributed by atoms with E-state index in [-0.39, 0.29) is 4.90 Å². The Balaban J connectivity index is 2.01. The highest BCUT2D eigenvalue weighted by Crippen LogP contribution is 2.28. The van der Waals surface area contributed by atoms with Crippen molar-refractivity contribution in [1.29, 1.82) is 0 Å². The maximum absolute atomic E-state index is 12.3. The molecular weight excluding hydrogens is 340 g/mol.